The van der Waals surface area contributed by atoms with Gasteiger partial charge in [-0.15, -0.1) is 0 Å². The number of aryl methyl sites for hydroxylation is 2. The maximum Gasteiger partial charge on any atom is 0.202 e. The minimum atomic E-state index is -0.864. The van der Waals surface area contributed by atoms with Crippen LogP contribution in [0.15, 0.2) is 28.9 Å². The Morgan fingerprint density at radius 1 is 1.24 bits per heavy atom. The van der Waals surface area contributed by atoms with E-state index in [-0.39, 0.29) is 11.1 Å². The van der Waals surface area contributed by atoms with E-state index in [0.717, 1.165) is 6.07 Å². The van der Waals surface area contributed by atoms with Crippen molar-refractivity contribution in [3.63, 3.8) is 0 Å². The highest BCUT2D eigenvalue weighted by Gasteiger charge is 2.21. The second kappa shape index (κ2) is 4.13. The molecule has 0 amide bonds. The van der Waals surface area contributed by atoms with Gasteiger partial charge in [-0.25, -0.2) is 8.78 Å². The predicted octanol–water partition coefficient (Wildman–Crippen LogP) is 3.41. The third-order valence-corrected chi connectivity index (χ3v) is 2.50. The standard InChI is InChI=1S/C13H10F2O2/c1-7-3-4-10(14)11(12(7)15)13(16)9-5-8(2)17-6-9/h3-6H,1-2H3. The van der Waals surface area contributed by atoms with Gasteiger partial charge in [-0.05, 0) is 31.5 Å². The Hall–Kier alpha value is -1.97. The molecule has 88 valence electrons. The molecule has 0 bridgehead atoms. The Balaban J connectivity index is 2.54. The number of rotatable bonds is 2. The molecule has 0 aliphatic heterocycles. The molecule has 0 radical (unpaired) electrons. The number of hydrogen-bond acceptors (Lipinski definition) is 2. The van der Waals surface area contributed by atoms with Crippen molar-refractivity contribution >= 4 is 5.78 Å². The van der Waals surface area contributed by atoms with Crippen LogP contribution in [0.4, 0.5) is 8.78 Å². The summed E-state index contributed by atoms with van der Waals surface area (Å²) in [5.74, 6) is -1.88. The molecule has 1 aromatic heterocycles. The van der Waals surface area contributed by atoms with Crippen molar-refractivity contribution in [1.82, 2.24) is 0 Å². The van der Waals surface area contributed by atoms with Crippen LogP contribution in [0.1, 0.15) is 27.2 Å². The van der Waals surface area contributed by atoms with Crippen molar-refractivity contribution in [2.45, 2.75) is 13.8 Å². The molecule has 2 nitrogen and oxygen atoms in total. The zero-order valence-electron chi connectivity index (χ0n) is 9.38. The minimum Gasteiger partial charge on any atom is -0.469 e. The Morgan fingerprint density at radius 2 is 1.94 bits per heavy atom. The van der Waals surface area contributed by atoms with Crippen molar-refractivity contribution in [3.05, 3.63) is 58.5 Å². The van der Waals surface area contributed by atoms with Crippen molar-refractivity contribution in [2.24, 2.45) is 0 Å². The fourth-order valence-corrected chi connectivity index (χ4v) is 1.57. The number of ketones is 1. The van der Waals surface area contributed by atoms with Crippen LogP contribution in [-0.2, 0) is 0 Å². The smallest absolute Gasteiger partial charge is 0.202 e. The highest BCUT2D eigenvalue weighted by atomic mass is 19.1. The molecule has 0 aliphatic rings. The normalized spacial score (nSPS) is 10.6. The molecule has 1 heterocycles. The molecule has 0 saturated carbocycles. The van der Waals surface area contributed by atoms with Gasteiger partial charge in [0.1, 0.15) is 23.7 Å². The first-order valence-corrected chi connectivity index (χ1v) is 5.05. The molecular formula is C13H10F2O2. The lowest BCUT2D eigenvalue weighted by Crippen LogP contribution is -2.07. The molecule has 0 saturated heterocycles. The van der Waals surface area contributed by atoms with Gasteiger partial charge in [0.05, 0.1) is 11.1 Å². The van der Waals surface area contributed by atoms with Gasteiger partial charge in [-0.3, -0.25) is 4.79 Å². The summed E-state index contributed by atoms with van der Waals surface area (Å²) < 4.78 is 32.1. The maximum absolute atomic E-state index is 13.7. The molecule has 0 N–H and O–H groups in total. The molecule has 4 heteroatoms. The first kappa shape index (κ1) is 11.5. The summed E-state index contributed by atoms with van der Waals surface area (Å²) in [7, 11) is 0. The Kier molecular flexibility index (Phi) is 2.79. The summed E-state index contributed by atoms with van der Waals surface area (Å²) in [6.07, 6.45) is 1.19. The van der Waals surface area contributed by atoms with E-state index in [4.69, 9.17) is 4.42 Å². The number of benzene rings is 1. The van der Waals surface area contributed by atoms with E-state index in [9.17, 15) is 13.6 Å². The molecule has 0 fully saturated rings. The Labute approximate surface area is 96.9 Å². The Morgan fingerprint density at radius 3 is 2.53 bits per heavy atom. The number of carbonyl (C=O) groups is 1. The van der Waals surface area contributed by atoms with Gasteiger partial charge in [0, 0.05) is 0 Å². The molecule has 2 rings (SSSR count). The first-order valence-electron chi connectivity index (χ1n) is 5.05. The fourth-order valence-electron chi connectivity index (χ4n) is 1.57. The number of hydrogen-bond donors (Lipinski definition) is 0. The molecule has 0 spiro atoms. The summed E-state index contributed by atoms with van der Waals surface area (Å²) in [6, 6.07) is 3.82. The van der Waals surface area contributed by atoms with E-state index in [1.165, 1.54) is 25.3 Å². The van der Waals surface area contributed by atoms with Gasteiger partial charge in [-0.1, -0.05) is 6.07 Å². The number of halogens is 2. The van der Waals surface area contributed by atoms with E-state index in [1.807, 2.05) is 0 Å². The van der Waals surface area contributed by atoms with Gasteiger partial charge < -0.3 is 4.42 Å². The van der Waals surface area contributed by atoms with Gasteiger partial charge in [0.25, 0.3) is 0 Å². The average molecular weight is 236 g/mol. The van der Waals surface area contributed by atoms with Crippen molar-refractivity contribution in [1.29, 1.82) is 0 Å². The van der Waals surface area contributed by atoms with Gasteiger partial charge in [0.15, 0.2) is 0 Å². The summed E-state index contributed by atoms with van der Waals surface area (Å²) >= 11 is 0. The van der Waals surface area contributed by atoms with E-state index in [0.29, 0.717) is 5.76 Å². The first-order chi connectivity index (χ1) is 8.00. The van der Waals surface area contributed by atoms with Crippen molar-refractivity contribution < 1.29 is 18.0 Å². The molecule has 0 atom stereocenters. The topological polar surface area (TPSA) is 30.2 Å². The van der Waals surface area contributed by atoms with Crippen LogP contribution >= 0.6 is 0 Å². The van der Waals surface area contributed by atoms with Gasteiger partial charge in [-0.2, -0.15) is 0 Å². The zero-order valence-corrected chi connectivity index (χ0v) is 9.38. The van der Waals surface area contributed by atoms with E-state index >= 15 is 0 Å². The molecular weight excluding hydrogens is 226 g/mol. The van der Waals surface area contributed by atoms with Gasteiger partial charge in [0.2, 0.25) is 5.78 Å². The summed E-state index contributed by atoms with van der Waals surface area (Å²) in [5, 5.41) is 0. The van der Waals surface area contributed by atoms with Crippen molar-refractivity contribution in [2.75, 3.05) is 0 Å². The minimum absolute atomic E-state index is 0.144. The van der Waals surface area contributed by atoms with Crippen LogP contribution in [0.3, 0.4) is 0 Å². The second-order valence-electron chi connectivity index (χ2n) is 3.83. The largest absolute Gasteiger partial charge is 0.469 e. The lowest BCUT2D eigenvalue weighted by molar-refractivity contribution is 0.103. The van der Waals surface area contributed by atoms with E-state index in [1.54, 1.807) is 6.92 Å². The highest BCUT2D eigenvalue weighted by molar-refractivity contribution is 6.09. The third-order valence-electron chi connectivity index (χ3n) is 2.50. The Bertz CT molecular complexity index is 585. The second-order valence-corrected chi connectivity index (χ2v) is 3.83. The van der Waals surface area contributed by atoms with Crippen LogP contribution in [0.2, 0.25) is 0 Å². The van der Waals surface area contributed by atoms with Crippen LogP contribution in [0.25, 0.3) is 0 Å². The lowest BCUT2D eigenvalue weighted by atomic mass is 10.0. The third kappa shape index (κ3) is 1.98. The molecule has 17 heavy (non-hydrogen) atoms. The predicted molar refractivity (Wildman–Crippen MR) is 58.0 cm³/mol. The van der Waals surface area contributed by atoms with Crippen LogP contribution < -0.4 is 0 Å². The summed E-state index contributed by atoms with van der Waals surface area (Å²) in [6.45, 7) is 3.13. The fraction of sp³-hybridized carbons (Fsp3) is 0.154. The van der Waals surface area contributed by atoms with Crippen LogP contribution in [0, 0.1) is 25.5 Å². The number of furan rings is 1. The van der Waals surface area contributed by atoms with Crippen molar-refractivity contribution in [3.8, 4) is 0 Å². The SMILES string of the molecule is Cc1cc(C(=O)c2c(F)ccc(C)c2F)co1. The molecule has 1 aromatic carbocycles. The quantitative estimate of drug-likeness (QED) is 0.748. The van der Waals surface area contributed by atoms with Gasteiger partial charge >= 0.3 is 0 Å². The van der Waals surface area contributed by atoms with E-state index in [2.05, 4.69) is 0 Å². The van der Waals surface area contributed by atoms with Crippen LogP contribution in [-0.4, -0.2) is 5.78 Å². The molecule has 0 unspecified atom stereocenters. The zero-order chi connectivity index (χ0) is 12.6. The lowest BCUT2D eigenvalue weighted by Gasteiger charge is -2.04. The summed E-state index contributed by atoms with van der Waals surface area (Å²) in [4.78, 5) is 11.9. The van der Waals surface area contributed by atoms with Crippen LogP contribution in [0.5, 0.6) is 0 Å². The average Bonchev–Trinajstić information content (AvgIpc) is 2.71. The highest BCUT2D eigenvalue weighted by Crippen LogP contribution is 2.21. The monoisotopic (exact) mass is 236 g/mol. The molecule has 2 aromatic rings. The molecule has 0 aliphatic carbocycles. The summed E-state index contributed by atoms with van der Waals surface area (Å²) in [5.41, 5.74) is -0.160. The maximum atomic E-state index is 13.7. The van der Waals surface area contributed by atoms with E-state index < -0.39 is 23.0 Å². The number of carbonyl (C=O) groups excluding carboxylic acids is 1.